The lowest BCUT2D eigenvalue weighted by molar-refractivity contribution is 0.101. The molecule has 2 N–H and O–H groups in total. The predicted octanol–water partition coefficient (Wildman–Crippen LogP) is 3.36. The zero-order valence-corrected chi connectivity index (χ0v) is 16.7. The number of carbonyl (C=O) groups excluding carboxylic acids is 1. The number of rotatable bonds is 6. The average molecular weight is 433 g/mol. The lowest BCUT2D eigenvalue weighted by Gasteiger charge is -2.10. The molecular weight excluding hydrogens is 414 g/mol. The smallest absolute Gasteiger partial charge is 0.280 e. The highest BCUT2D eigenvalue weighted by molar-refractivity contribution is 7.89. The summed E-state index contributed by atoms with van der Waals surface area (Å²) in [6.45, 7) is 3.80. The third-order valence-electron chi connectivity index (χ3n) is 4.20. The van der Waals surface area contributed by atoms with Gasteiger partial charge in [-0.25, -0.2) is 21.9 Å². The Labute approximate surface area is 166 Å². The summed E-state index contributed by atoms with van der Waals surface area (Å²) >= 11 is 6.33. The van der Waals surface area contributed by atoms with Crippen LogP contribution < -0.4 is 10.0 Å². The molecule has 2 aromatic rings. The number of halogens is 3. The zero-order valence-electron chi connectivity index (χ0n) is 15.2. The van der Waals surface area contributed by atoms with E-state index in [1.807, 2.05) is 0 Å². The quantitative estimate of drug-likeness (QED) is 0.732. The number of nitrogens with one attached hydrogen (secondary N) is 2. The molecule has 0 aliphatic carbocycles. The number of hydrogen-bond acceptors (Lipinski definition) is 4. The molecule has 28 heavy (non-hydrogen) atoms. The van der Waals surface area contributed by atoms with Crippen molar-refractivity contribution in [1.29, 1.82) is 0 Å². The average Bonchev–Trinajstić information content (AvgIpc) is 3.12. The Balaban J connectivity index is 2.00. The minimum atomic E-state index is -3.91. The zero-order chi connectivity index (χ0) is 20.6. The van der Waals surface area contributed by atoms with E-state index >= 15 is 0 Å². The molecule has 0 spiro atoms. The number of sulfonamides is 1. The van der Waals surface area contributed by atoms with Gasteiger partial charge in [-0.05, 0) is 38.8 Å². The maximum absolute atomic E-state index is 12.8. The van der Waals surface area contributed by atoms with E-state index < -0.39 is 28.0 Å². The van der Waals surface area contributed by atoms with Crippen molar-refractivity contribution in [2.24, 2.45) is 0 Å². The van der Waals surface area contributed by atoms with E-state index in [1.165, 1.54) is 6.07 Å². The van der Waals surface area contributed by atoms with Crippen LogP contribution in [-0.4, -0.2) is 29.9 Å². The second kappa shape index (κ2) is 7.76. The lowest BCUT2D eigenvalue weighted by atomic mass is 10.2. The summed E-state index contributed by atoms with van der Waals surface area (Å²) in [7, 11) is -3.91. The SMILES string of the molecule is CC(C)NS(=O)(=O)c1c(Cl)c(C(=O)Nc2ccnc(C(F)F)c2)n2c1CCC2. The Bertz CT molecular complexity index is 1020. The van der Waals surface area contributed by atoms with Crippen molar-refractivity contribution < 1.29 is 22.0 Å². The molecule has 3 heterocycles. The molecule has 7 nitrogen and oxygen atoms in total. The van der Waals surface area contributed by atoms with Gasteiger partial charge in [-0.1, -0.05) is 11.6 Å². The molecule has 3 rings (SSSR count). The van der Waals surface area contributed by atoms with Crippen molar-refractivity contribution in [3.8, 4) is 0 Å². The van der Waals surface area contributed by atoms with Crippen molar-refractivity contribution >= 4 is 33.2 Å². The monoisotopic (exact) mass is 432 g/mol. The van der Waals surface area contributed by atoms with E-state index in [2.05, 4.69) is 15.0 Å². The third-order valence-corrected chi connectivity index (χ3v) is 6.44. The minimum Gasteiger partial charge on any atom is -0.338 e. The molecule has 0 radical (unpaired) electrons. The van der Waals surface area contributed by atoms with Crippen molar-refractivity contribution in [2.75, 3.05) is 5.32 Å². The molecule has 2 aromatic heterocycles. The summed E-state index contributed by atoms with van der Waals surface area (Å²) < 4.78 is 55.1. The van der Waals surface area contributed by atoms with Crippen LogP contribution in [0, 0.1) is 0 Å². The summed E-state index contributed by atoms with van der Waals surface area (Å²) in [6, 6.07) is 2.08. The molecule has 1 aliphatic heterocycles. The van der Waals surface area contributed by atoms with Crippen LogP contribution in [0.25, 0.3) is 0 Å². The highest BCUT2D eigenvalue weighted by Gasteiger charge is 2.35. The molecule has 1 amide bonds. The first-order valence-electron chi connectivity index (χ1n) is 8.60. The number of aromatic nitrogens is 2. The largest absolute Gasteiger partial charge is 0.338 e. The van der Waals surface area contributed by atoms with Gasteiger partial charge in [0.1, 0.15) is 16.3 Å². The van der Waals surface area contributed by atoms with Crippen LogP contribution in [0.3, 0.4) is 0 Å². The number of pyridine rings is 1. The van der Waals surface area contributed by atoms with Gasteiger partial charge in [0.15, 0.2) is 0 Å². The van der Waals surface area contributed by atoms with E-state index in [0.29, 0.717) is 25.1 Å². The Morgan fingerprint density at radius 3 is 2.71 bits per heavy atom. The summed E-state index contributed by atoms with van der Waals surface area (Å²) in [5.41, 5.74) is 0.0957. The molecule has 0 saturated carbocycles. The van der Waals surface area contributed by atoms with Crippen LogP contribution in [0.15, 0.2) is 23.2 Å². The molecule has 0 aromatic carbocycles. The van der Waals surface area contributed by atoms with Crippen LogP contribution in [0.1, 0.15) is 48.6 Å². The molecule has 1 aliphatic rings. The van der Waals surface area contributed by atoms with Crippen LogP contribution in [0.2, 0.25) is 5.02 Å². The van der Waals surface area contributed by atoms with Crippen LogP contribution in [0.4, 0.5) is 14.5 Å². The lowest BCUT2D eigenvalue weighted by Crippen LogP contribution is -2.30. The first-order valence-corrected chi connectivity index (χ1v) is 10.5. The summed E-state index contributed by atoms with van der Waals surface area (Å²) in [5, 5.41) is 2.32. The normalized spacial score (nSPS) is 14.0. The summed E-state index contributed by atoms with van der Waals surface area (Å²) in [6.07, 6.45) is -0.491. The van der Waals surface area contributed by atoms with Gasteiger partial charge >= 0.3 is 0 Å². The van der Waals surface area contributed by atoms with E-state index in [-0.39, 0.29) is 27.3 Å². The Morgan fingerprint density at radius 1 is 1.36 bits per heavy atom. The maximum atomic E-state index is 12.8. The fraction of sp³-hybridized carbons (Fsp3) is 0.412. The minimum absolute atomic E-state index is 0.00583. The molecular formula is C17H19ClF2N4O3S. The van der Waals surface area contributed by atoms with Gasteiger partial charge in [-0.2, -0.15) is 0 Å². The number of alkyl halides is 2. The van der Waals surface area contributed by atoms with E-state index in [0.717, 1.165) is 12.3 Å². The van der Waals surface area contributed by atoms with E-state index in [1.54, 1.807) is 18.4 Å². The Kier molecular flexibility index (Phi) is 5.74. The molecule has 0 unspecified atom stereocenters. The predicted molar refractivity (Wildman–Crippen MR) is 100 cm³/mol. The molecule has 11 heteroatoms. The van der Waals surface area contributed by atoms with E-state index in [9.17, 15) is 22.0 Å². The van der Waals surface area contributed by atoms with Gasteiger partial charge in [0, 0.05) is 30.2 Å². The maximum Gasteiger partial charge on any atom is 0.280 e. The van der Waals surface area contributed by atoms with Crippen molar-refractivity contribution in [2.45, 2.75) is 50.6 Å². The number of amides is 1. The van der Waals surface area contributed by atoms with Gasteiger partial charge in [-0.3, -0.25) is 9.78 Å². The topological polar surface area (TPSA) is 93.1 Å². The fourth-order valence-corrected chi connectivity index (χ4v) is 5.41. The van der Waals surface area contributed by atoms with Gasteiger partial charge < -0.3 is 9.88 Å². The van der Waals surface area contributed by atoms with E-state index in [4.69, 9.17) is 11.6 Å². The van der Waals surface area contributed by atoms with Gasteiger partial charge in [0.2, 0.25) is 10.0 Å². The molecule has 0 fully saturated rings. The van der Waals surface area contributed by atoms with Crippen LogP contribution in [0.5, 0.6) is 0 Å². The first-order chi connectivity index (χ1) is 13.1. The van der Waals surface area contributed by atoms with Crippen LogP contribution >= 0.6 is 11.6 Å². The summed E-state index contributed by atoms with van der Waals surface area (Å²) in [4.78, 5) is 16.2. The van der Waals surface area contributed by atoms with Gasteiger partial charge in [0.05, 0.1) is 5.02 Å². The fourth-order valence-electron chi connectivity index (χ4n) is 3.21. The van der Waals surface area contributed by atoms with Crippen molar-refractivity contribution in [1.82, 2.24) is 14.3 Å². The van der Waals surface area contributed by atoms with Gasteiger partial charge in [-0.15, -0.1) is 0 Å². The Hall–Kier alpha value is -2.04. The van der Waals surface area contributed by atoms with Crippen molar-refractivity contribution in [3.05, 3.63) is 40.4 Å². The molecule has 0 bridgehead atoms. The second-order valence-electron chi connectivity index (χ2n) is 6.69. The molecule has 0 atom stereocenters. The second-order valence-corrected chi connectivity index (χ2v) is 8.72. The number of anilines is 1. The number of hydrogen-bond donors (Lipinski definition) is 2. The van der Waals surface area contributed by atoms with Crippen molar-refractivity contribution in [3.63, 3.8) is 0 Å². The number of carbonyl (C=O) groups is 1. The molecule has 152 valence electrons. The first kappa shape index (κ1) is 20.7. The number of nitrogens with zero attached hydrogens (tertiary/aromatic N) is 2. The van der Waals surface area contributed by atoms with Gasteiger partial charge in [0.25, 0.3) is 12.3 Å². The third kappa shape index (κ3) is 3.89. The number of fused-ring (bicyclic) bond motifs is 1. The summed E-state index contributed by atoms with van der Waals surface area (Å²) in [5.74, 6) is -0.675. The highest BCUT2D eigenvalue weighted by atomic mass is 35.5. The molecule has 0 saturated heterocycles. The highest BCUT2D eigenvalue weighted by Crippen LogP contribution is 2.36. The Morgan fingerprint density at radius 2 is 2.07 bits per heavy atom. The standard InChI is InChI=1S/C17H19ClF2N4O3S/c1-9(2)23-28(26,27)15-12-4-3-7-24(12)14(13(15)18)17(25)22-10-5-6-21-11(8-10)16(19)20/h5-6,8-9,16,23H,3-4,7H2,1-2H3,(H,21,22,25). The van der Waals surface area contributed by atoms with Crippen LogP contribution in [-0.2, 0) is 23.0 Å².